The molecule has 2 heterocycles. The lowest BCUT2D eigenvalue weighted by atomic mass is 9.93. The summed E-state index contributed by atoms with van der Waals surface area (Å²) in [7, 11) is -3.16. The molecule has 0 aromatic carbocycles. The Hall–Kier alpha value is -0.950. The number of hydrogen-bond acceptors (Lipinski definition) is 6. The lowest BCUT2D eigenvalue weighted by Crippen LogP contribution is -2.36. The van der Waals surface area contributed by atoms with Crippen LogP contribution in [0.3, 0.4) is 0 Å². The Morgan fingerprint density at radius 2 is 2.05 bits per heavy atom. The molecule has 6 nitrogen and oxygen atoms in total. The fourth-order valence-corrected chi connectivity index (χ4v) is 4.19. The van der Waals surface area contributed by atoms with Crippen molar-refractivity contribution < 1.29 is 12.9 Å². The molecule has 0 amide bonds. The van der Waals surface area contributed by atoms with Crippen molar-refractivity contribution in [1.29, 1.82) is 0 Å². The molecule has 2 N–H and O–H groups in total. The van der Waals surface area contributed by atoms with Crippen molar-refractivity contribution >= 4 is 9.84 Å². The van der Waals surface area contributed by atoms with Crippen molar-refractivity contribution in [2.45, 2.75) is 56.7 Å². The Labute approximate surface area is 113 Å². The molecule has 1 aromatic heterocycles. The molecular formula is C12H21N3O3S. The maximum absolute atomic E-state index is 12.0. The first kappa shape index (κ1) is 14.5. The molecule has 0 radical (unpaired) electrons. The van der Waals surface area contributed by atoms with E-state index in [0.717, 1.165) is 6.42 Å². The number of aromatic nitrogens is 2. The van der Waals surface area contributed by atoms with Gasteiger partial charge in [-0.05, 0) is 25.7 Å². The SMILES string of the molecule is CCC(N)(CC)c1noc(C2CCCCS2(=O)=O)n1. The predicted octanol–water partition coefficient (Wildman–Crippen LogP) is 1.68. The highest BCUT2D eigenvalue weighted by atomic mass is 32.2. The standard InChI is InChI=1S/C12H21N3O3S/c1-3-12(13,4-2)11-14-10(18-15-11)9-7-5-6-8-19(9,16)17/h9H,3-8,13H2,1-2H3. The van der Waals surface area contributed by atoms with E-state index < -0.39 is 20.6 Å². The lowest BCUT2D eigenvalue weighted by Gasteiger charge is -2.22. The summed E-state index contributed by atoms with van der Waals surface area (Å²) >= 11 is 0. The third-order valence-corrected chi connectivity index (χ3v) is 6.16. The summed E-state index contributed by atoms with van der Waals surface area (Å²) in [6.45, 7) is 3.91. The van der Waals surface area contributed by atoms with E-state index in [9.17, 15) is 8.42 Å². The topological polar surface area (TPSA) is 99.1 Å². The molecule has 1 aromatic rings. The average molecular weight is 287 g/mol. The molecular weight excluding hydrogens is 266 g/mol. The van der Waals surface area contributed by atoms with Gasteiger partial charge in [-0.2, -0.15) is 4.98 Å². The molecule has 1 saturated heterocycles. The van der Waals surface area contributed by atoms with Gasteiger partial charge in [-0.25, -0.2) is 8.42 Å². The Morgan fingerprint density at radius 1 is 1.37 bits per heavy atom. The fraction of sp³-hybridized carbons (Fsp3) is 0.833. The molecule has 0 spiro atoms. The van der Waals surface area contributed by atoms with E-state index in [1.807, 2.05) is 13.8 Å². The zero-order valence-electron chi connectivity index (χ0n) is 11.4. The van der Waals surface area contributed by atoms with Crippen LogP contribution in [0.2, 0.25) is 0 Å². The third kappa shape index (κ3) is 2.67. The number of nitrogens with two attached hydrogens (primary N) is 1. The van der Waals surface area contributed by atoms with Crippen molar-refractivity contribution in [2.24, 2.45) is 5.73 Å². The molecule has 2 rings (SSSR count). The average Bonchev–Trinajstić information content (AvgIpc) is 2.87. The van der Waals surface area contributed by atoms with E-state index in [1.54, 1.807) is 0 Å². The van der Waals surface area contributed by atoms with E-state index in [4.69, 9.17) is 10.3 Å². The van der Waals surface area contributed by atoms with Crippen LogP contribution in [0.5, 0.6) is 0 Å². The Kier molecular flexibility index (Phi) is 3.96. The van der Waals surface area contributed by atoms with Gasteiger partial charge in [0, 0.05) is 0 Å². The van der Waals surface area contributed by atoms with Crippen LogP contribution < -0.4 is 5.73 Å². The maximum Gasteiger partial charge on any atom is 0.245 e. The summed E-state index contributed by atoms with van der Waals surface area (Å²) < 4.78 is 29.2. The summed E-state index contributed by atoms with van der Waals surface area (Å²) in [5.41, 5.74) is 5.56. The molecule has 0 saturated carbocycles. The van der Waals surface area contributed by atoms with Crippen LogP contribution in [0.15, 0.2) is 4.52 Å². The van der Waals surface area contributed by atoms with Crippen molar-refractivity contribution in [3.05, 3.63) is 11.7 Å². The first-order valence-electron chi connectivity index (χ1n) is 6.77. The molecule has 1 atom stereocenters. The first-order valence-corrected chi connectivity index (χ1v) is 8.49. The molecule has 1 aliphatic rings. The molecule has 1 fully saturated rings. The second-order valence-electron chi connectivity index (χ2n) is 5.17. The second-order valence-corrected chi connectivity index (χ2v) is 7.47. The van der Waals surface area contributed by atoms with Gasteiger partial charge < -0.3 is 10.3 Å². The van der Waals surface area contributed by atoms with Crippen molar-refractivity contribution in [3.63, 3.8) is 0 Å². The minimum Gasteiger partial charge on any atom is -0.338 e. The molecule has 1 unspecified atom stereocenters. The lowest BCUT2D eigenvalue weighted by molar-refractivity contribution is 0.330. The van der Waals surface area contributed by atoms with Crippen LogP contribution in [0.1, 0.15) is 62.9 Å². The van der Waals surface area contributed by atoms with Gasteiger partial charge in [-0.15, -0.1) is 0 Å². The summed E-state index contributed by atoms with van der Waals surface area (Å²) in [5.74, 6) is 0.810. The van der Waals surface area contributed by atoms with Crippen LogP contribution in [0.4, 0.5) is 0 Å². The molecule has 7 heteroatoms. The highest BCUT2D eigenvalue weighted by Crippen LogP contribution is 2.33. The number of hydrogen-bond donors (Lipinski definition) is 1. The molecule has 1 aliphatic heterocycles. The largest absolute Gasteiger partial charge is 0.338 e. The Morgan fingerprint density at radius 3 is 2.63 bits per heavy atom. The highest BCUT2D eigenvalue weighted by Gasteiger charge is 2.37. The number of rotatable bonds is 4. The minimum atomic E-state index is -3.16. The zero-order valence-corrected chi connectivity index (χ0v) is 12.2. The Bertz CT molecular complexity index is 534. The van der Waals surface area contributed by atoms with Crippen LogP contribution in [0.25, 0.3) is 0 Å². The van der Waals surface area contributed by atoms with Crippen LogP contribution >= 0.6 is 0 Å². The molecule has 0 aliphatic carbocycles. The molecule has 108 valence electrons. The van der Waals surface area contributed by atoms with E-state index in [-0.39, 0.29) is 11.6 Å². The van der Waals surface area contributed by atoms with E-state index >= 15 is 0 Å². The van der Waals surface area contributed by atoms with Gasteiger partial charge in [0.15, 0.2) is 15.7 Å². The minimum absolute atomic E-state index is 0.199. The van der Waals surface area contributed by atoms with Gasteiger partial charge in [0.25, 0.3) is 0 Å². The quantitative estimate of drug-likeness (QED) is 0.904. The van der Waals surface area contributed by atoms with Gasteiger partial charge in [-0.1, -0.05) is 25.4 Å². The number of nitrogens with zero attached hydrogens (tertiary/aromatic N) is 2. The summed E-state index contributed by atoms with van der Waals surface area (Å²) in [6, 6.07) is 0. The van der Waals surface area contributed by atoms with Crippen LogP contribution in [-0.2, 0) is 15.4 Å². The van der Waals surface area contributed by atoms with E-state index in [1.165, 1.54) is 0 Å². The molecule has 19 heavy (non-hydrogen) atoms. The predicted molar refractivity (Wildman–Crippen MR) is 71.1 cm³/mol. The van der Waals surface area contributed by atoms with Gasteiger partial charge in [-0.3, -0.25) is 0 Å². The van der Waals surface area contributed by atoms with Crippen molar-refractivity contribution in [3.8, 4) is 0 Å². The Balaban J connectivity index is 2.31. The summed E-state index contributed by atoms with van der Waals surface area (Å²) in [5, 5.41) is 3.24. The van der Waals surface area contributed by atoms with E-state index in [0.29, 0.717) is 31.5 Å². The fourth-order valence-electron chi connectivity index (χ4n) is 2.37. The van der Waals surface area contributed by atoms with E-state index in [2.05, 4.69) is 10.1 Å². The summed E-state index contributed by atoms with van der Waals surface area (Å²) in [4.78, 5) is 4.26. The van der Waals surface area contributed by atoms with Gasteiger partial charge in [0.1, 0.15) is 5.25 Å². The monoisotopic (exact) mass is 287 g/mol. The van der Waals surface area contributed by atoms with Crippen molar-refractivity contribution in [2.75, 3.05) is 5.75 Å². The summed E-state index contributed by atoms with van der Waals surface area (Å²) in [6.07, 6.45) is 3.50. The third-order valence-electron chi connectivity index (χ3n) is 4.00. The zero-order chi connectivity index (χ0) is 14.1. The van der Waals surface area contributed by atoms with Gasteiger partial charge in [0.05, 0.1) is 11.3 Å². The smallest absolute Gasteiger partial charge is 0.245 e. The van der Waals surface area contributed by atoms with Gasteiger partial charge in [0.2, 0.25) is 5.89 Å². The maximum atomic E-state index is 12.0. The second kappa shape index (κ2) is 5.20. The normalized spacial score (nSPS) is 23.4. The van der Waals surface area contributed by atoms with Crippen LogP contribution in [0, 0.1) is 0 Å². The van der Waals surface area contributed by atoms with Crippen molar-refractivity contribution in [1.82, 2.24) is 10.1 Å². The van der Waals surface area contributed by atoms with Crippen LogP contribution in [-0.4, -0.2) is 24.3 Å². The number of sulfone groups is 1. The molecule has 0 bridgehead atoms. The first-order chi connectivity index (χ1) is 8.93. The van der Waals surface area contributed by atoms with Gasteiger partial charge >= 0.3 is 0 Å². The highest BCUT2D eigenvalue weighted by molar-refractivity contribution is 7.91.